The van der Waals surface area contributed by atoms with Crippen molar-refractivity contribution in [2.75, 3.05) is 6.16 Å². The Bertz CT molecular complexity index is 558. The number of hydrogen-bond acceptors (Lipinski definition) is 3. The number of benzene rings is 1. The summed E-state index contributed by atoms with van der Waals surface area (Å²) in [6, 6.07) is 9.19. The van der Waals surface area contributed by atoms with Crippen molar-refractivity contribution in [2.24, 2.45) is 5.92 Å². The molecule has 0 bridgehead atoms. The van der Waals surface area contributed by atoms with Crippen LogP contribution in [-0.4, -0.2) is 18.4 Å². The first-order valence-corrected chi connectivity index (χ1v) is 12.1. The first kappa shape index (κ1) is 21.7. The summed E-state index contributed by atoms with van der Waals surface area (Å²) in [5.41, 5.74) is 2.89. The van der Waals surface area contributed by atoms with E-state index < -0.39 is 7.60 Å². The molecule has 0 heterocycles. The fraction of sp³-hybridized carbons (Fsp3) is 0.727. The molecule has 2 rings (SSSR count). The third kappa shape index (κ3) is 6.83. The lowest BCUT2D eigenvalue weighted by Gasteiger charge is -2.32. The molecule has 1 saturated carbocycles. The van der Waals surface area contributed by atoms with Crippen LogP contribution in [0.4, 0.5) is 0 Å². The van der Waals surface area contributed by atoms with Gasteiger partial charge in [0.2, 0.25) is 0 Å². The maximum Gasteiger partial charge on any atom is 0.331 e. The van der Waals surface area contributed by atoms with E-state index in [4.69, 9.17) is 9.05 Å². The second kappa shape index (κ2) is 10.1. The van der Waals surface area contributed by atoms with Gasteiger partial charge in [-0.25, -0.2) is 0 Å². The van der Waals surface area contributed by atoms with Crippen LogP contribution in [-0.2, 0) is 20.0 Å². The van der Waals surface area contributed by atoms with Gasteiger partial charge in [0, 0.05) is 0 Å². The second-order valence-corrected chi connectivity index (χ2v) is 10.3. The maximum atomic E-state index is 13.1. The predicted octanol–water partition coefficient (Wildman–Crippen LogP) is 6.96. The summed E-state index contributed by atoms with van der Waals surface area (Å²) in [4.78, 5) is 0. The first-order valence-electron chi connectivity index (χ1n) is 10.4. The summed E-state index contributed by atoms with van der Waals surface area (Å²) in [6.07, 6.45) is 7.32. The summed E-state index contributed by atoms with van der Waals surface area (Å²) < 4.78 is 24.6. The van der Waals surface area contributed by atoms with Crippen LogP contribution in [0.25, 0.3) is 0 Å². The van der Waals surface area contributed by atoms with Crippen LogP contribution < -0.4 is 0 Å². The lowest BCUT2D eigenvalue weighted by Crippen LogP contribution is -2.20. The smallest absolute Gasteiger partial charge is 0.306 e. The topological polar surface area (TPSA) is 35.5 Å². The van der Waals surface area contributed by atoms with E-state index in [1.807, 2.05) is 27.7 Å². The second-order valence-electron chi connectivity index (χ2n) is 8.31. The van der Waals surface area contributed by atoms with Crippen LogP contribution in [0.5, 0.6) is 0 Å². The van der Waals surface area contributed by atoms with Gasteiger partial charge in [0.15, 0.2) is 0 Å². The summed E-state index contributed by atoms with van der Waals surface area (Å²) in [5, 5.41) is 0. The van der Waals surface area contributed by atoms with Crippen LogP contribution in [0.15, 0.2) is 24.3 Å². The molecule has 0 saturated heterocycles. The maximum absolute atomic E-state index is 13.1. The first-order chi connectivity index (χ1) is 12.3. The SMILES string of the molecule is CCCc1ccc(C2CCC(CP(=O)(OC(C)C)OC(C)C)CC2)cc1. The Hall–Kier alpha value is -0.630. The molecule has 1 aromatic carbocycles. The van der Waals surface area contributed by atoms with Crippen molar-refractivity contribution < 1.29 is 13.6 Å². The van der Waals surface area contributed by atoms with Crippen molar-refractivity contribution in [1.82, 2.24) is 0 Å². The van der Waals surface area contributed by atoms with Gasteiger partial charge in [-0.1, -0.05) is 37.6 Å². The van der Waals surface area contributed by atoms with Crippen LogP contribution in [0.2, 0.25) is 0 Å². The Kier molecular flexibility index (Phi) is 8.39. The molecule has 0 aromatic heterocycles. The van der Waals surface area contributed by atoms with Crippen molar-refractivity contribution in [3.63, 3.8) is 0 Å². The Labute approximate surface area is 160 Å². The minimum Gasteiger partial charge on any atom is -0.306 e. The standard InChI is InChI=1S/C22H37O3P/c1-6-7-19-8-12-21(13-9-19)22-14-10-20(11-15-22)16-26(23,24-17(2)3)25-18(4)5/h8-9,12-13,17-18,20,22H,6-7,10-11,14-16H2,1-5H3. The van der Waals surface area contributed by atoms with Gasteiger partial charge in [0.25, 0.3) is 0 Å². The molecule has 0 aliphatic heterocycles. The molecule has 1 aliphatic carbocycles. The molecular formula is C22H37O3P. The van der Waals surface area contributed by atoms with E-state index in [2.05, 4.69) is 31.2 Å². The quantitative estimate of drug-likeness (QED) is 0.435. The van der Waals surface area contributed by atoms with Gasteiger partial charge < -0.3 is 9.05 Å². The Morgan fingerprint density at radius 1 is 0.962 bits per heavy atom. The van der Waals surface area contributed by atoms with Gasteiger partial charge in [-0.3, -0.25) is 4.57 Å². The molecule has 26 heavy (non-hydrogen) atoms. The number of aryl methyl sites for hydroxylation is 1. The zero-order chi connectivity index (χ0) is 19.2. The molecule has 0 radical (unpaired) electrons. The van der Waals surface area contributed by atoms with Gasteiger partial charge in [0.05, 0.1) is 18.4 Å². The van der Waals surface area contributed by atoms with E-state index in [9.17, 15) is 4.57 Å². The van der Waals surface area contributed by atoms with Crippen molar-refractivity contribution >= 4 is 7.60 Å². The molecule has 3 nitrogen and oxygen atoms in total. The molecule has 1 aliphatic rings. The largest absolute Gasteiger partial charge is 0.331 e. The van der Waals surface area contributed by atoms with Crippen molar-refractivity contribution in [2.45, 2.75) is 91.3 Å². The van der Waals surface area contributed by atoms with E-state index in [0.717, 1.165) is 19.3 Å². The van der Waals surface area contributed by atoms with Crippen LogP contribution >= 0.6 is 7.60 Å². The van der Waals surface area contributed by atoms with E-state index in [1.165, 1.54) is 30.4 Å². The Balaban J connectivity index is 1.91. The molecule has 0 unspecified atom stereocenters. The third-order valence-corrected chi connectivity index (χ3v) is 7.51. The zero-order valence-electron chi connectivity index (χ0n) is 17.2. The molecule has 1 aromatic rings. The lowest BCUT2D eigenvalue weighted by atomic mass is 9.79. The average molecular weight is 381 g/mol. The highest BCUT2D eigenvalue weighted by Crippen LogP contribution is 2.54. The summed E-state index contributed by atoms with van der Waals surface area (Å²) >= 11 is 0. The van der Waals surface area contributed by atoms with Gasteiger partial charge in [-0.15, -0.1) is 0 Å². The molecule has 0 atom stereocenters. The van der Waals surface area contributed by atoms with E-state index in [-0.39, 0.29) is 12.2 Å². The average Bonchev–Trinajstić information content (AvgIpc) is 2.55. The van der Waals surface area contributed by atoms with Gasteiger partial charge in [-0.05, 0) is 82.8 Å². The summed E-state index contributed by atoms with van der Waals surface area (Å²) in [6.45, 7) is 9.93. The molecule has 148 valence electrons. The van der Waals surface area contributed by atoms with E-state index in [0.29, 0.717) is 18.0 Å². The monoisotopic (exact) mass is 380 g/mol. The number of hydrogen-bond donors (Lipinski definition) is 0. The highest BCUT2D eigenvalue weighted by molar-refractivity contribution is 7.53. The van der Waals surface area contributed by atoms with Crippen molar-refractivity contribution in [3.05, 3.63) is 35.4 Å². The number of rotatable bonds is 9. The van der Waals surface area contributed by atoms with Crippen LogP contribution in [0.1, 0.15) is 83.8 Å². The zero-order valence-corrected chi connectivity index (χ0v) is 18.1. The van der Waals surface area contributed by atoms with E-state index in [1.54, 1.807) is 0 Å². The predicted molar refractivity (Wildman–Crippen MR) is 110 cm³/mol. The third-order valence-electron chi connectivity index (χ3n) is 5.06. The molecule has 1 fully saturated rings. The minimum atomic E-state index is -3.01. The molecule has 0 spiro atoms. The highest BCUT2D eigenvalue weighted by atomic mass is 31.2. The fourth-order valence-electron chi connectivity index (χ4n) is 3.99. The minimum absolute atomic E-state index is 0.0717. The Morgan fingerprint density at radius 3 is 1.96 bits per heavy atom. The van der Waals surface area contributed by atoms with Gasteiger partial charge in [-0.2, -0.15) is 0 Å². The van der Waals surface area contributed by atoms with Crippen LogP contribution in [0, 0.1) is 5.92 Å². The Morgan fingerprint density at radius 2 is 1.50 bits per heavy atom. The highest BCUT2D eigenvalue weighted by Gasteiger charge is 2.33. The van der Waals surface area contributed by atoms with Gasteiger partial charge >= 0.3 is 7.60 Å². The van der Waals surface area contributed by atoms with Crippen LogP contribution in [0.3, 0.4) is 0 Å². The molecule has 0 N–H and O–H groups in total. The molecule has 0 amide bonds. The molecular weight excluding hydrogens is 343 g/mol. The molecule has 4 heteroatoms. The summed E-state index contributed by atoms with van der Waals surface area (Å²) in [7, 11) is -3.01. The van der Waals surface area contributed by atoms with Crippen molar-refractivity contribution in [3.8, 4) is 0 Å². The summed E-state index contributed by atoms with van der Waals surface area (Å²) in [5.74, 6) is 1.08. The van der Waals surface area contributed by atoms with Gasteiger partial charge in [0.1, 0.15) is 0 Å². The van der Waals surface area contributed by atoms with Crippen molar-refractivity contribution in [1.29, 1.82) is 0 Å². The van der Waals surface area contributed by atoms with E-state index >= 15 is 0 Å². The fourth-order valence-corrected chi connectivity index (χ4v) is 6.50. The lowest BCUT2D eigenvalue weighted by molar-refractivity contribution is 0.138. The normalized spacial score (nSPS) is 21.5.